The van der Waals surface area contributed by atoms with E-state index in [1.165, 1.54) is 13.0 Å². The van der Waals surface area contributed by atoms with Crippen molar-refractivity contribution in [1.82, 2.24) is 4.98 Å². The Bertz CT molecular complexity index is 1110. The fraction of sp³-hybridized carbons (Fsp3) is 0.158. The molecule has 1 aromatic carbocycles. The molecule has 0 amide bonds. The zero-order valence-electron chi connectivity index (χ0n) is 14.1. The van der Waals surface area contributed by atoms with E-state index in [0.29, 0.717) is 12.1 Å². The lowest BCUT2D eigenvalue weighted by molar-refractivity contribution is -0.138. The van der Waals surface area contributed by atoms with Crippen molar-refractivity contribution in [2.75, 3.05) is 0 Å². The summed E-state index contributed by atoms with van der Waals surface area (Å²) < 4.78 is 66.6. The van der Waals surface area contributed by atoms with Gasteiger partial charge in [0, 0.05) is 23.3 Å². The van der Waals surface area contributed by atoms with Gasteiger partial charge in [0.2, 0.25) is 0 Å². The van der Waals surface area contributed by atoms with Crippen LogP contribution >= 0.6 is 0 Å². The predicted octanol–water partition coefficient (Wildman–Crippen LogP) is 4.19. The van der Waals surface area contributed by atoms with Gasteiger partial charge in [-0.1, -0.05) is 0 Å². The second kappa shape index (κ2) is 6.64. The number of aromatic nitrogens is 1. The van der Waals surface area contributed by atoms with Crippen molar-refractivity contribution in [3.8, 4) is 6.07 Å². The number of hydrogen-bond acceptors (Lipinski definition) is 4. The van der Waals surface area contributed by atoms with Crippen LogP contribution < -0.4 is 0 Å². The number of fused-ring (bicyclic) bond motifs is 1. The van der Waals surface area contributed by atoms with Crippen LogP contribution in [0.1, 0.15) is 44.6 Å². The quantitative estimate of drug-likeness (QED) is 0.719. The zero-order valence-corrected chi connectivity index (χ0v) is 14.1. The highest BCUT2D eigenvalue weighted by atomic mass is 19.4. The molecule has 142 valence electrons. The van der Waals surface area contributed by atoms with Crippen LogP contribution in [0, 0.1) is 23.0 Å². The molecule has 2 aromatic rings. The summed E-state index contributed by atoms with van der Waals surface area (Å²) in [6.07, 6.45) is -5.21. The Hall–Kier alpha value is -3.41. The molecule has 0 saturated heterocycles. The number of nitrogens with zero attached hydrogens (tertiary/aromatic N) is 2. The summed E-state index contributed by atoms with van der Waals surface area (Å²) in [5, 5.41) is 8.92. The number of carbonyl (C=O) groups excluding carboxylic acids is 2. The van der Waals surface area contributed by atoms with Gasteiger partial charge in [0.25, 0.3) is 0 Å². The van der Waals surface area contributed by atoms with Gasteiger partial charge >= 0.3 is 6.18 Å². The van der Waals surface area contributed by atoms with Crippen LogP contribution in [0.15, 0.2) is 35.4 Å². The van der Waals surface area contributed by atoms with Gasteiger partial charge in [-0.2, -0.15) is 18.4 Å². The molecule has 0 spiro atoms. The fourth-order valence-electron chi connectivity index (χ4n) is 2.95. The number of alkyl halides is 3. The molecule has 1 aliphatic rings. The Kier molecular flexibility index (Phi) is 4.59. The molecular formula is C19H9F5N2O2. The molecular weight excluding hydrogens is 383 g/mol. The van der Waals surface area contributed by atoms with Gasteiger partial charge in [-0.15, -0.1) is 0 Å². The number of ketones is 2. The van der Waals surface area contributed by atoms with Gasteiger partial charge in [0.15, 0.2) is 17.3 Å². The van der Waals surface area contributed by atoms with E-state index in [4.69, 9.17) is 5.26 Å². The first kappa shape index (κ1) is 19.4. The van der Waals surface area contributed by atoms with Crippen molar-refractivity contribution in [3.05, 3.63) is 75.1 Å². The van der Waals surface area contributed by atoms with E-state index in [0.717, 1.165) is 12.1 Å². The molecule has 0 radical (unpaired) electrons. The Morgan fingerprint density at radius 2 is 1.57 bits per heavy atom. The Morgan fingerprint density at radius 1 is 1.00 bits per heavy atom. The van der Waals surface area contributed by atoms with E-state index in [-0.39, 0.29) is 16.8 Å². The number of nitriles is 1. The molecule has 1 heterocycles. The van der Waals surface area contributed by atoms with Crippen molar-refractivity contribution in [2.45, 2.75) is 19.5 Å². The second-order valence-electron chi connectivity index (χ2n) is 6.03. The van der Waals surface area contributed by atoms with Gasteiger partial charge in [-0.05, 0) is 31.2 Å². The first-order chi connectivity index (χ1) is 13.1. The molecule has 1 aliphatic carbocycles. The summed E-state index contributed by atoms with van der Waals surface area (Å²) in [6, 6.07) is 4.37. The molecule has 3 rings (SSSR count). The molecule has 0 N–H and O–H groups in total. The van der Waals surface area contributed by atoms with Crippen LogP contribution in [0.5, 0.6) is 0 Å². The highest BCUT2D eigenvalue weighted by molar-refractivity contribution is 6.27. The maximum absolute atomic E-state index is 14.1. The maximum atomic E-state index is 14.1. The number of benzene rings is 1. The van der Waals surface area contributed by atoms with Crippen molar-refractivity contribution in [1.29, 1.82) is 5.26 Å². The average Bonchev–Trinajstić information content (AvgIpc) is 2.64. The summed E-state index contributed by atoms with van der Waals surface area (Å²) in [5.74, 6) is -3.98. The number of rotatable bonds is 2. The fourth-order valence-corrected chi connectivity index (χ4v) is 2.95. The van der Waals surface area contributed by atoms with Gasteiger partial charge in [-0.25, -0.2) is 13.8 Å². The van der Waals surface area contributed by atoms with Crippen LogP contribution in [0.3, 0.4) is 0 Å². The molecule has 28 heavy (non-hydrogen) atoms. The Morgan fingerprint density at radius 3 is 2.11 bits per heavy atom. The molecule has 9 heteroatoms. The monoisotopic (exact) mass is 392 g/mol. The van der Waals surface area contributed by atoms with Gasteiger partial charge in [0.05, 0.1) is 16.7 Å². The topological polar surface area (TPSA) is 70.8 Å². The minimum atomic E-state index is -4.79. The number of pyridine rings is 1. The minimum absolute atomic E-state index is 0.0969. The Labute approximate surface area is 154 Å². The van der Waals surface area contributed by atoms with E-state index in [1.54, 1.807) is 0 Å². The van der Waals surface area contributed by atoms with Gasteiger partial charge < -0.3 is 0 Å². The van der Waals surface area contributed by atoms with Crippen LogP contribution in [-0.2, 0) is 12.6 Å². The summed E-state index contributed by atoms with van der Waals surface area (Å²) in [7, 11) is 0. The highest BCUT2D eigenvalue weighted by Gasteiger charge is 2.36. The standard InChI is InChI=1S/C19H9F5N2O2/c1-8-10(6-9-2-3-11(19(22,23)24)14(7-25)26-9)18(28)16-13(21)5-4-12(20)15(16)17(8)27/h2-5H,6H2,1H3. The normalized spacial score (nSPS) is 14.2. The number of carbonyl (C=O) groups is 2. The van der Waals surface area contributed by atoms with Gasteiger partial charge in [0.1, 0.15) is 17.7 Å². The van der Waals surface area contributed by atoms with Crippen molar-refractivity contribution < 1.29 is 31.5 Å². The van der Waals surface area contributed by atoms with E-state index < -0.39 is 58.2 Å². The molecule has 0 aliphatic heterocycles. The second-order valence-corrected chi connectivity index (χ2v) is 6.03. The largest absolute Gasteiger partial charge is 0.419 e. The zero-order chi connectivity index (χ0) is 20.8. The van der Waals surface area contributed by atoms with E-state index in [9.17, 15) is 31.5 Å². The Balaban J connectivity index is 2.08. The van der Waals surface area contributed by atoms with Crippen LogP contribution in [-0.4, -0.2) is 16.6 Å². The third-order valence-electron chi connectivity index (χ3n) is 4.35. The lowest BCUT2D eigenvalue weighted by Gasteiger charge is -2.20. The smallest absolute Gasteiger partial charge is 0.289 e. The third-order valence-corrected chi connectivity index (χ3v) is 4.35. The summed E-state index contributed by atoms with van der Waals surface area (Å²) in [5.41, 5.74) is -4.02. The predicted molar refractivity (Wildman–Crippen MR) is 85.4 cm³/mol. The number of Topliss-reactive ketones (excluding diaryl/α,β-unsaturated/α-hetero) is 2. The summed E-state index contributed by atoms with van der Waals surface area (Å²) in [6.45, 7) is 1.23. The minimum Gasteiger partial charge on any atom is -0.289 e. The first-order valence-corrected chi connectivity index (χ1v) is 7.80. The third kappa shape index (κ3) is 3.07. The lowest BCUT2D eigenvalue weighted by Crippen LogP contribution is -2.25. The van der Waals surface area contributed by atoms with Crippen molar-refractivity contribution >= 4 is 11.6 Å². The van der Waals surface area contributed by atoms with E-state index >= 15 is 0 Å². The molecule has 4 nitrogen and oxygen atoms in total. The molecule has 0 fully saturated rings. The molecule has 0 saturated carbocycles. The van der Waals surface area contributed by atoms with Crippen molar-refractivity contribution in [2.24, 2.45) is 0 Å². The molecule has 1 aromatic heterocycles. The van der Waals surface area contributed by atoms with Crippen LogP contribution in [0.2, 0.25) is 0 Å². The summed E-state index contributed by atoms with van der Waals surface area (Å²) >= 11 is 0. The molecule has 0 bridgehead atoms. The maximum Gasteiger partial charge on any atom is 0.419 e. The summed E-state index contributed by atoms with van der Waals surface area (Å²) in [4.78, 5) is 28.6. The highest BCUT2D eigenvalue weighted by Crippen LogP contribution is 2.33. The average molecular weight is 392 g/mol. The van der Waals surface area contributed by atoms with Gasteiger partial charge in [-0.3, -0.25) is 9.59 Å². The molecule has 0 unspecified atom stereocenters. The lowest BCUT2D eigenvalue weighted by atomic mass is 9.82. The first-order valence-electron chi connectivity index (χ1n) is 7.80. The van der Waals surface area contributed by atoms with Crippen LogP contribution in [0.25, 0.3) is 0 Å². The van der Waals surface area contributed by atoms with E-state index in [2.05, 4.69) is 4.98 Å². The van der Waals surface area contributed by atoms with Crippen LogP contribution in [0.4, 0.5) is 22.0 Å². The van der Waals surface area contributed by atoms with Crippen molar-refractivity contribution in [3.63, 3.8) is 0 Å². The number of hydrogen-bond donors (Lipinski definition) is 0. The van der Waals surface area contributed by atoms with E-state index in [1.807, 2.05) is 0 Å². The molecule has 0 atom stereocenters. The number of halogens is 5. The number of allylic oxidation sites excluding steroid dienone is 2. The SMILES string of the molecule is CC1=C(Cc2ccc(C(F)(F)F)c(C#N)n2)C(=O)c2c(F)ccc(F)c2C1=O.